The fourth-order valence-corrected chi connectivity index (χ4v) is 8.01. The van der Waals surface area contributed by atoms with E-state index in [0.29, 0.717) is 23.9 Å². The number of allylic oxidation sites excluding steroid dienone is 3. The summed E-state index contributed by atoms with van der Waals surface area (Å²) in [6.45, 7) is 8.65. The summed E-state index contributed by atoms with van der Waals surface area (Å²) >= 11 is 0. The monoisotopic (exact) mass is 512 g/mol. The van der Waals surface area contributed by atoms with Gasteiger partial charge in [-0.3, -0.25) is 4.57 Å². The lowest BCUT2D eigenvalue weighted by Crippen LogP contribution is -2.20. The van der Waals surface area contributed by atoms with Crippen LogP contribution in [0.15, 0.2) is 104 Å². The van der Waals surface area contributed by atoms with Gasteiger partial charge < -0.3 is 4.52 Å². The second kappa shape index (κ2) is 13.1. The molecule has 3 heteroatoms. The molecule has 4 rings (SSSR count). The molecule has 0 bridgehead atoms. The van der Waals surface area contributed by atoms with Gasteiger partial charge in [0.25, 0.3) is 7.37 Å². The predicted molar refractivity (Wildman–Crippen MR) is 159 cm³/mol. The van der Waals surface area contributed by atoms with E-state index in [1.165, 1.54) is 5.56 Å². The Kier molecular flexibility index (Phi) is 9.64. The highest BCUT2D eigenvalue weighted by Gasteiger charge is 2.35. The first-order chi connectivity index (χ1) is 18.0. The summed E-state index contributed by atoms with van der Waals surface area (Å²) in [4.78, 5) is 0. The van der Waals surface area contributed by atoms with Gasteiger partial charge in [0, 0.05) is 11.7 Å². The van der Waals surface area contributed by atoms with Crippen LogP contribution >= 0.6 is 7.37 Å². The van der Waals surface area contributed by atoms with E-state index in [2.05, 4.69) is 75.1 Å². The standard InChI is InChI=1S/C34H41O2P/c1-4-28(16-8-6-9-17-29(5-2)30-18-10-7-11-19-30)26-27(3)24-25-37(35)34-23-15-13-21-32(34)31-20-12-14-22-33(31)36-37/h4,6-7,9-15,18-23,27-29H,1,5,8,16-17,24-26H2,2-3H3/b9-6+. The average Bonchev–Trinajstić information content (AvgIpc) is 2.94. The van der Waals surface area contributed by atoms with Gasteiger partial charge in [0.05, 0.1) is 5.30 Å². The molecule has 0 aliphatic carbocycles. The Labute approximate surface area is 223 Å². The minimum absolute atomic E-state index is 0.452. The van der Waals surface area contributed by atoms with E-state index in [0.717, 1.165) is 60.7 Å². The lowest BCUT2D eigenvalue weighted by atomic mass is 9.90. The minimum atomic E-state index is -2.95. The highest BCUT2D eigenvalue weighted by Crippen LogP contribution is 2.55. The van der Waals surface area contributed by atoms with E-state index in [9.17, 15) is 4.57 Å². The molecular weight excluding hydrogens is 471 g/mol. The van der Waals surface area contributed by atoms with Crippen molar-refractivity contribution in [1.82, 2.24) is 0 Å². The molecule has 1 aliphatic heterocycles. The SMILES string of the molecule is C=CC(CC/C=C/CC(CC)c1ccccc1)CC(C)CCP1(=O)Oc2ccccc2-c2ccccc21. The molecular formula is C34H41O2P. The van der Waals surface area contributed by atoms with Gasteiger partial charge in [0.15, 0.2) is 0 Å². The van der Waals surface area contributed by atoms with Gasteiger partial charge in [-0.2, -0.15) is 0 Å². The van der Waals surface area contributed by atoms with E-state index in [4.69, 9.17) is 4.52 Å². The number of hydrogen-bond acceptors (Lipinski definition) is 2. The highest BCUT2D eigenvalue weighted by molar-refractivity contribution is 7.67. The lowest BCUT2D eigenvalue weighted by molar-refractivity contribution is 0.413. The van der Waals surface area contributed by atoms with Crippen LogP contribution in [0.3, 0.4) is 0 Å². The van der Waals surface area contributed by atoms with Crippen LogP contribution in [0.5, 0.6) is 5.75 Å². The summed E-state index contributed by atoms with van der Waals surface area (Å²) in [6, 6.07) is 26.8. The predicted octanol–water partition coefficient (Wildman–Crippen LogP) is 9.79. The van der Waals surface area contributed by atoms with Gasteiger partial charge in [-0.25, -0.2) is 0 Å². The summed E-state index contributed by atoms with van der Waals surface area (Å²) in [7, 11) is -2.95. The van der Waals surface area contributed by atoms with Crippen molar-refractivity contribution in [2.45, 2.75) is 58.3 Å². The fraction of sp³-hybridized carbons (Fsp3) is 0.353. The molecule has 0 fully saturated rings. The Morgan fingerprint density at radius 2 is 1.59 bits per heavy atom. The van der Waals surface area contributed by atoms with Gasteiger partial charge in [0.2, 0.25) is 0 Å². The smallest absolute Gasteiger partial charge is 0.277 e. The van der Waals surface area contributed by atoms with Crippen molar-refractivity contribution in [3.63, 3.8) is 0 Å². The first-order valence-electron chi connectivity index (χ1n) is 13.8. The molecule has 3 aromatic rings. The van der Waals surface area contributed by atoms with Crippen LogP contribution in [0.1, 0.15) is 63.9 Å². The maximum absolute atomic E-state index is 14.1. The summed E-state index contributed by atoms with van der Waals surface area (Å²) in [5, 5.41) is 0.868. The molecule has 1 aliphatic rings. The van der Waals surface area contributed by atoms with Crippen molar-refractivity contribution in [2.75, 3.05) is 6.16 Å². The maximum atomic E-state index is 14.1. The van der Waals surface area contributed by atoms with E-state index in [1.54, 1.807) is 0 Å². The van der Waals surface area contributed by atoms with Gasteiger partial charge in [-0.05, 0) is 79.5 Å². The van der Waals surface area contributed by atoms with E-state index < -0.39 is 7.37 Å². The van der Waals surface area contributed by atoms with Gasteiger partial charge in [-0.1, -0.05) is 98.8 Å². The van der Waals surface area contributed by atoms with Crippen molar-refractivity contribution in [2.24, 2.45) is 11.8 Å². The topological polar surface area (TPSA) is 26.3 Å². The molecule has 2 nitrogen and oxygen atoms in total. The molecule has 0 spiro atoms. The third kappa shape index (κ3) is 6.93. The molecule has 0 saturated carbocycles. The molecule has 3 aromatic carbocycles. The van der Waals surface area contributed by atoms with Crippen LogP contribution < -0.4 is 9.83 Å². The second-order valence-corrected chi connectivity index (χ2v) is 12.9. The minimum Gasteiger partial charge on any atom is -0.439 e. The molecule has 0 radical (unpaired) electrons. The molecule has 0 N–H and O–H groups in total. The summed E-state index contributed by atoms with van der Waals surface area (Å²) < 4.78 is 20.3. The Hall–Kier alpha value is -2.83. The van der Waals surface area contributed by atoms with Crippen molar-refractivity contribution in [1.29, 1.82) is 0 Å². The van der Waals surface area contributed by atoms with Crippen LogP contribution in [0.25, 0.3) is 11.1 Å². The maximum Gasteiger partial charge on any atom is 0.277 e. The molecule has 37 heavy (non-hydrogen) atoms. The molecule has 0 amide bonds. The largest absolute Gasteiger partial charge is 0.439 e. The van der Waals surface area contributed by atoms with E-state index >= 15 is 0 Å². The Bertz CT molecular complexity index is 1230. The molecule has 0 saturated heterocycles. The van der Waals surface area contributed by atoms with Crippen molar-refractivity contribution in [3.8, 4) is 16.9 Å². The summed E-state index contributed by atoms with van der Waals surface area (Å²) in [5.74, 6) is 2.25. The number of hydrogen-bond donors (Lipinski definition) is 0. The zero-order valence-corrected chi connectivity index (χ0v) is 23.3. The normalized spacial score (nSPS) is 18.9. The van der Waals surface area contributed by atoms with Crippen molar-refractivity contribution in [3.05, 3.63) is 109 Å². The van der Waals surface area contributed by atoms with Crippen LogP contribution in [0, 0.1) is 11.8 Å². The summed E-state index contributed by atoms with van der Waals surface area (Å²) in [5.41, 5.74) is 3.51. The van der Waals surface area contributed by atoms with Crippen LogP contribution in [-0.4, -0.2) is 6.16 Å². The van der Waals surface area contributed by atoms with E-state index in [-0.39, 0.29) is 0 Å². The lowest BCUT2D eigenvalue weighted by Gasteiger charge is -2.29. The number of fused-ring (bicyclic) bond motifs is 3. The second-order valence-electron chi connectivity index (χ2n) is 10.4. The third-order valence-corrected chi connectivity index (χ3v) is 10.2. The Balaban J connectivity index is 1.27. The highest BCUT2D eigenvalue weighted by atomic mass is 31.2. The number of rotatable bonds is 13. The van der Waals surface area contributed by atoms with Crippen molar-refractivity contribution < 1.29 is 9.09 Å². The summed E-state index contributed by atoms with van der Waals surface area (Å²) in [6.07, 6.45) is 13.7. The molecule has 4 atom stereocenters. The quantitative estimate of drug-likeness (QED) is 0.168. The van der Waals surface area contributed by atoms with Gasteiger partial charge in [-0.15, -0.1) is 6.58 Å². The number of benzene rings is 3. The Morgan fingerprint density at radius 3 is 2.35 bits per heavy atom. The van der Waals surface area contributed by atoms with Crippen LogP contribution in [-0.2, 0) is 4.57 Å². The van der Waals surface area contributed by atoms with Crippen molar-refractivity contribution >= 4 is 12.7 Å². The third-order valence-electron chi connectivity index (χ3n) is 7.70. The van der Waals surface area contributed by atoms with Crippen LogP contribution in [0.2, 0.25) is 0 Å². The molecule has 0 aromatic heterocycles. The zero-order chi connectivity index (χ0) is 26.1. The zero-order valence-electron chi connectivity index (χ0n) is 22.4. The molecule has 4 unspecified atom stereocenters. The fourth-order valence-electron chi connectivity index (χ4n) is 5.45. The molecule has 194 valence electrons. The van der Waals surface area contributed by atoms with Crippen LogP contribution in [0.4, 0.5) is 0 Å². The Morgan fingerprint density at radius 1 is 0.892 bits per heavy atom. The van der Waals surface area contributed by atoms with E-state index in [1.807, 2.05) is 42.5 Å². The van der Waals surface area contributed by atoms with Gasteiger partial charge >= 0.3 is 0 Å². The van der Waals surface area contributed by atoms with Gasteiger partial charge in [0.1, 0.15) is 5.75 Å². The molecule has 1 heterocycles. The average molecular weight is 513 g/mol. The first kappa shape index (κ1) is 27.2. The number of para-hydroxylation sites is 1. The first-order valence-corrected chi connectivity index (χ1v) is 15.6.